The molecule has 7 heteroatoms. The lowest BCUT2D eigenvalue weighted by atomic mass is 10.0. The largest absolute Gasteiger partial charge is 0.403 e. The van der Waals surface area contributed by atoms with Crippen LogP contribution in [0, 0.1) is 0 Å². The van der Waals surface area contributed by atoms with Crippen molar-refractivity contribution in [2.45, 2.75) is 37.9 Å². The molecular weight excluding hydrogens is 178 g/mol. The quantitative estimate of drug-likeness (QED) is 0.277. The zero-order valence-electron chi connectivity index (χ0n) is 7.07. The molecule has 0 bridgehead atoms. The van der Waals surface area contributed by atoms with E-state index >= 15 is 0 Å². The maximum Gasteiger partial charge on any atom is 0.211 e. The summed E-state index contributed by atoms with van der Waals surface area (Å²) >= 11 is 0. The molecule has 1 rings (SSSR count). The Labute approximate surface area is 74.5 Å². The van der Waals surface area contributed by atoms with Gasteiger partial charge in [-0.1, -0.05) is 0 Å². The van der Waals surface area contributed by atoms with Crippen LogP contribution in [0.4, 0.5) is 0 Å². The Morgan fingerprint density at radius 3 is 2.85 bits per heavy atom. The third-order valence-corrected chi connectivity index (χ3v) is 1.88. The molecule has 7 nitrogen and oxygen atoms in total. The van der Waals surface area contributed by atoms with E-state index in [1.165, 1.54) is 0 Å². The molecule has 0 radical (unpaired) electrons. The minimum atomic E-state index is -0.925. The highest BCUT2D eigenvalue weighted by molar-refractivity contribution is 4.79. The molecule has 0 spiro atoms. The summed E-state index contributed by atoms with van der Waals surface area (Å²) in [5.41, 5.74) is 7.95. The molecule has 0 amide bonds. The molecule has 4 atom stereocenters. The third-order valence-electron chi connectivity index (χ3n) is 1.88. The standard InChI is InChI=1S/C6H11N3O4/c1-3-6(11)4(10)2-5(12-3)13-9-8-7/h3-6,10-11H,2H2,1H3/t3-,4-,5+,6-/m1/s1. The second kappa shape index (κ2) is 4.29. The van der Waals surface area contributed by atoms with Crippen LogP contribution in [0.15, 0.2) is 5.28 Å². The summed E-state index contributed by atoms with van der Waals surface area (Å²) in [5.74, 6) is 0. The normalized spacial score (nSPS) is 39.3. The number of azide groups is 1. The van der Waals surface area contributed by atoms with Gasteiger partial charge in [-0.05, 0) is 12.5 Å². The van der Waals surface area contributed by atoms with Crippen molar-refractivity contribution in [2.75, 3.05) is 0 Å². The van der Waals surface area contributed by atoms with E-state index in [0.717, 1.165) is 0 Å². The Morgan fingerprint density at radius 2 is 2.31 bits per heavy atom. The molecule has 1 aliphatic rings. The topological polar surface area (TPSA) is 108 Å². The van der Waals surface area contributed by atoms with Gasteiger partial charge in [0.25, 0.3) is 0 Å². The van der Waals surface area contributed by atoms with E-state index in [9.17, 15) is 10.2 Å². The minimum Gasteiger partial charge on any atom is -0.403 e. The highest BCUT2D eigenvalue weighted by Gasteiger charge is 2.34. The summed E-state index contributed by atoms with van der Waals surface area (Å²) in [6.07, 6.45) is -3.08. The molecular formula is C6H11N3O4. The van der Waals surface area contributed by atoms with Crippen LogP contribution < -0.4 is 0 Å². The molecule has 0 aromatic rings. The molecule has 0 aromatic heterocycles. The second-order valence-electron chi connectivity index (χ2n) is 2.84. The summed E-state index contributed by atoms with van der Waals surface area (Å²) < 4.78 is 5.07. The van der Waals surface area contributed by atoms with E-state index < -0.39 is 24.6 Å². The number of hydrogen-bond acceptors (Lipinski definition) is 5. The lowest BCUT2D eigenvalue weighted by Gasteiger charge is -2.33. The first-order valence-electron chi connectivity index (χ1n) is 3.87. The Balaban J connectivity index is 2.48. The zero-order chi connectivity index (χ0) is 9.84. The van der Waals surface area contributed by atoms with Gasteiger partial charge in [0.15, 0.2) is 0 Å². The van der Waals surface area contributed by atoms with Gasteiger partial charge in [-0.3, -0.25) is 0 Å². The fraction of sp³-hybridized carbons (Fsp3) is 1.00. The van der Waals surface area contributed by atoms with Gasteiger partial charge in [-0.2, -0.15) is 0 Å². The van der Waals surface area contributed by atoms with E-state index in [-0.39, 0.29) is 6.42 Å². The van der Waals surface area contributed by atoms with Crippen molar-refractivity contribution in [1.29, 1.82) is 0 Å². The third kappa shape index (κ3) is 2.46. The van der Waals surface area contributed by atoms with Gasteiger partial charge in [0.1, 0.15) is 11.4 Å². The minimum absolute atomic E-state index is 0.0878. The smallest absolute Gasteiger partial charge is 0.211 e. The van der Waals surface area contributed by atoms with Crippen molar-refractivity contribution in [3.63, 3.8) is 0 Å². The van der Waals surface area contributed by atoms with Crippen LogP contribution in [-0.4, -0.2) is 34.8 Å². The van der Waals surface area contributed by atoms with Gasteiger partial charge in [-0.25, -0.2) is 0 Å². The Bertz CT molecular complexity index is 206. The van der Waals surface area contributed by atoms with Gasteiger partial charge in [0.2, 0.25) is 6.29 Å². The number of aliphatic hydroxyl groups excluding tert-OH is 2. The number of hydrogen-bond donors (Lipinski definition) is 2. The van der Waals surface area contributed by atoms with Crippen molar-refractivity contribution >= 4 is 0 Å². The molecule has 1 saturated heterocycles. The maximum atomic E-state index is 9.27. The summed E-state index contributed by atoms with van der Waals surface area (Å²) in [6.45, 7) is 1.60. The van der Waals surface area contributed by atoms with Gasteiger partial charge >= 0.3 is 0 Å². The fourth-order valence-electron chi connectivity index (χ4n) is 1.17. The molecule has 0 aromatic carbocycles. The highest BCUT2D eigenvalue weighted by atomic mass is 16.8. The molecule has 0 aliphatic carbocycles. The molecule has 2 N–H and O–H groups in total. The molecule has 0 saturated carbocycles. The van der Waals surface area contributed by atoms with Gasteiger partial charge < -0.3 is 19.8 Å². The van der Waals surface area contributed by atoms with Crippen LogP contribution in [0.1, 0.15) is 13.3 Å². The van der Waals surface area contributed by atoms with E-state index in [2.05, 4.69) is 15.0 Å². The van der Waals surface area contributed by atoms with Gasteiger partial charge in [0, 0.05) is 11.3 Å². The van der Waals surface area contributed by atoms with Gasteiger partial charge in [0.05, 0.1) is 12.2 Å². The molecule has 0 unspecified atom stereocenters. The Hall–Kier alpha value is -1.01. The average molecular weight is 189 g/mol. The highest BCUT2D eigenvalue weighted by Crippen LogP contribution is 2.20. The van der Waals surface area contributed by atoms with Crippen LogP contribution >= 0.6 is 0 Å². The summed E-state index contributed by atoms with van der Waals surface area (Å²) in [6, 6.07) is 0. The van der Waals surface area contributed by atoms with E-state index in [1.54, 1.807) is 6.92 Å². The van der Waals surface area contributed by atoms with E-state index in [0.29, 0.717) is 0 Å². The van der Waals surface area contributed by atoms with Crippen molar-refractivity contribution in [3.8, 4) is 0 Å². The first kappa shape index (κ1) is 10.1. The molecule has 13 heavy (non-hydrogen) atoms. The van der Waals surface area contributed by atoms with Crippen LogP contribution in [0.3, 0.4) is 0 Å². The average Bonchev–Trinajstić information content (AvgIpc) is 2.10. The SMILES string of the molecule is C[C@H]1O[C@@H](ON=[N+]=[N-])C[C@@H](O)[C@@H]1O. The second-order valence-corrected chi connectivity index (χ2v) is 2.84. The van der Waals surface area contributed by atoms with Crippen LogP contribution in [-0.2, 0) is 9.57 Å². The summed E-state index contributed by atoms with van der Waals surface area (Å²) in [4.78, 5) is 6.91. The fourth-order valence-corrected chi connectivity index (χ4v) is 1.17. The van der Waals surface area contributed by atoms with Crippen molar-refractivity contribution in [3.05, 3.63) is 10.4 Å². The summed E-state index contributed by atoms with van der Waals surface area (Å²) in [5, 5.41) is 21.4. The van der Waals surface area contributed by atoms with Crippen molar-refractivity contribution < 1.29 is 19.8 Å². The van der Waals surface area contributed by atoms with Crippen molar-refractivity contribution in [1.82, 2.24) is 0 Å². The number of rotatable bonds is 2. The predicted molar refractivity (Wildman–Crippen MR) is 41.2 cm³/mol. The molecule has 1 aliphatic heterocycles. The number of nitrogens with zero attached hydrogens (tertiary/aromatic N) is 3. The monoisotopic (exact) mass is 189 g/mol. The van der Waals surface area contributed by atoms with Crippen molar-refractivity contribution in [2.24, 2.45) is 5.28 Å². The first-order valence-corrected chi connectivity index (χ1v) is 3.87. The Morgan fingerprint density at radius 1 is 1.62 bits per heavy atom. The molecule has 1 fully saturated rings. The Kier molecular flexibility index (Phi) is 3.32. The molecule has 74 valence electrons. The number of ether oxygens (including phenoxy) is 1. The first-order chi connectivity index (χ1) is 6.15. The van der Waals surface area contributed by atoms with Crippen LogP contribution in [0.25, 0.3) is 10.4 Å². The maximum absolute atomic E-state index is 9.27. The number of aliphatic hydroxyl groups is 2. The lowest BCUT2D eigenvalue weighted by molar-refractivity contribution is -0.247. The zero-order valence-corrected chi connectivity index (χ0v) is 7.07. The summed E-state index contributed by atoms with van der Waals surface area (Å²) in [7, 11) is 0. The van der Waals surface area contributed by atoms with E-state index in [1.807, 2.05) is 0 Å². The van der Waals surface area contributed by atoms with Gasteiger partial charge in [-0.15, -0.1) is 0 Å². The lowest BCUT2D eigenvalue weighted by Crippen LogP contribution is -2.47. The van der Waals surface area contributed by atoms with E-state index in [4.69, 9.17) is 10.3 Å². The van der Waals surface area contributed by atoms with Crippen LogP contribution in [0.5, 0.6) is 0 Å². The van der Waals surface area contributed by atoms with Crippen LogP contribution in [0.2, 0.25) is 0 Å². The molecule has 1 heterocycles. The predicted octanol–water partition coefficient (Wildman–Crippen LogP) is 0.0850.